The molecule has 1 N–H and O–H groups in total. The second-order valence-corrected chi connectivity index (χ2v) is 6.87. The zero-order chi connectivity index (χ0) is 15.5. The van der Waals surface area contributed by atoms with Crippen molar-refractivity contribution in [3.05, 3.63) is 35.9 Å². The largest absolute Gasteiger partial charge is 0.367 e. The van der Waals surface area contributed by atoms with Gasteiger partial charge in [0.05, 0.1) is 12.1 Å². The minimum Gasteiger partial charge on any atom is -0.367 e. The Morgan fingerprint density at radius 1 is 1.29 bits per heavy atom. The molecule has 1 saturated heterocycles. The molecule has 1 fully saturated rings. The maximum absolute atomic E-state index is 12.0. The van der Waals surface area contributed by atoms with Crippen LogP contribution in [0.1, 0.15) is 26.3 Å². The van der Waals surface area contributed by atoms with Crippen LogP contribution in [0, 0.1) is 0 Å². The average Bonchev–Trinajstić information content (AvgIpc) is 2.71. The first-order valence-corrected chi connectivity index (χ1v) is 7.49. The van der Waals surface area contributed by atoms with Crippen molar-refractivity contribution in [2.45, 2.75) is 45.0 Å². The molecule has 0 saturated carbocycles. The molecule has 1 aromatic rings. The van der Waals surface area contributed by atoms with Crippen molar-refractivity contribution in [1.82, 2.24) is 10.2 Å². The number of nitrogens with one attached hydrogen (secondary N) is 1. The van der Waals surface area contributed by atoms with Gasteiger partial charge in [0, 0.05) is 18.6 Å². The Labute approximate surface area is 127 Å². The summed E-state index contributed by atoms with van der Waals surface area (Å²) in [4.78, 5) is 14.2. The number of benzene rings is 1. The maximum atomic E-state index is 12.0. The van der Waals surface area contributed by atoms with E-state index in [2.05, 4.69) is 50.2 Å². The van der Waals surface area contributed by atoms with E-state index in [0.717, 1.165) is 13.1 Å². The van der Waals surface area contributed by atoms with E-state index >= 15 is 0 Å². The molecule has 0 bridgehead atoms. The number of rotatable bonds is 5. The van der Waals surface area contributed by atoms with Gasteiger partial charge in [0.1, 0.15) is 6.61 Å². The summed E-state index contributed by atoms with van der Waals surface area (Å²) in [5.74, 6) is 0.156. The van der Waals surface area contributed by atoms with E-state index in [1.807, 2.05) is 18.2 Å². The molecule has 1 aromatic carbocycles. The summed E-state index contributed by atoms with van der Waals surface area (Å²) in [6.07, 6.45) is -0.0783. The van der Waals surface area contributed by atoms with E-state index in [1.54, 1.807) is 0 Å². The standard InChI is InChI=1S/C17H26N2O2/c1-17(2,3)18-16-14(20)12-21-15(16)11-19(4)10-13-8-6-5-7-9-13/h5-9,15-16,18H,10-12H2,1-4H3. The van der Waals surface area contributed by atoms with Crippen LogP contribution in [0.15, 0.2) is 30.3 Å². The van der Waals surface area contributed by atoms with Crippen molar-refractivity contribution in [1.29, 1.82) is 0 Å². The van der Waals surface area contributed by atoms with Crippen LogP contribution in [0.5, 0.6) is 0 Å². The maximum Gasteiger partial charge on any atom is 0.178 e. The van der Waals surface area contributed by atoms with Gasteiger partial charge in [0.15, 0.2) is 5.78 Å². The summed E-state index contributed by atoms with van der Waals surface area (Å²) in [5, 5.41) is 3.39. The molecule has 2 rings (SSSR count). The zero-order valence-electron chi connectivity index (χ0n) is 13.4. The second-order valence-electron chi connectivity index (χ2n) is 6.87. The molecule has 4 heteroatoms. The number of likely N-dealkylation sites (N-methyl/N-ethyl adjacent to an activating group) is 1. The number of nitrogens with zero attached hydrogens (tertiary/aromatic N) is 1. The fraction of sp³-hybridized carbons (Fsp3) is 0.588. The summed E-state index contributed by atoms with van der Waals surface area (Å²) < 4.78 is 5.68. The smallest absolute Gasteiger partial charge is 0.178 e. The molecule has 1 heterocycles. The van der Waals surface area contributed by atoms with Crippen LogP contribution in [0.25, 0.3) is 0 Å². The molecule has 0 spiro atoms. The molecule has 0 amide bonds. The average molecular weight is 290 g/mol. The molecule has 116 valence electrons. The molecule has 0 aliphatic carbocycles. The third-order valence-electron chi connectivity index (χ3n) is 3.53. The van der Waals surface area contributed by atoms with Gasteiger partial charge in [-0.25, -0.2) is 0 Å². The van der Waals surface area contributed by atoms with Crippen molar-refractivity contribution in [2.75, 3.05) is 20.2 Å². The van der Waals surface area contributed by atoms with Gasteiger partial charge in [-0.2, -0.15) is 0 Å². The molecule has 0 radical (unpaired) electrons. The second kappa shape index (κ2) is 6.69. The molecule has 1 aliphatic heterocycles. The summed E-state index contributed by atoms with van der Waals surface area (Å²) in [5.41, 5.74) is 1.18. The van der Waals surface area contributed by atoms with Crippen molar-refractivity contribution in [3.63, 3.8) is 0 Å². The highest BCUT2D eigenvalue weighted by atomic mass is 16.5. The fourth-order valence-corrected chi connectivity index (χ4v) is 2.65. The van der Waals surface area contributed by atoms with Gasteiger partial charge in [-0.3, -0.25) is 9.69 Å². The van der Waals surface area contributed by atoms with Crippen molar-refractivity contribution in [3.8, 4) is 0 Å². The quantitative estimate of drug-likeness (QED) is 0.898. The number of ether oxygens (including phenoxy) is 1. The van der Waals surface area contributed by atoms with E-state index in [0.29, 0.717) is 0 Å². The molecular formula is C17H26N2O2. The van der Waals surface area contributed by atoms with E-state index in [1.165, 1.54) is 5.56 Å². The van der Waals surface area contributed by atoms with Gasteiger partial charge < -0.3 is 10.1 Å². The van der Waals surface area contributed by atoms with Crippen LogP contribution in [0.3, 0.4) is 0 Å². The molecule has 4 nitrogen and oxygen atoms in total. The van der Waals surface area contributed by atoms with Crippen LogP contribution >= 0.6 is 0 Å². The topological polar surface area (TPSA) is 41.6 Å². The van der Waals surface area contributed by atoms with Crippen LogP contribution < -0.4 is 5.32 Å². The van der Waals surface area contributed by atoms with E-state index in [-0.39, 0.29) is 30.1 Å². The molecule has 0 aromatic heterocycles. The van der Waals surface area contributed by atoms with Crippen molar-refractivity contribution >= 4 is 5.78 Å². The Morgan fingerprint density at radius 3 is 2.57 bits per heavy atom. The van der Waals surface area contributed by atoms with E-state index < -0.39 is 0 Å². The van der Waals surface area contributed by atoms with Crippen LogP contribution in [-0.4, -0.2) is 48.6 Å². The predicted octanol–water partition coefficient (Wildman–Crippen LogP) is 1.84. The highest BCUT2D eigenvalue weighted by Crippen LogP contribution is 2.16. The monoisotopic (exact) mass is 290 g/mol. The summed E-state index contributed by atoms with van der Waals surface area (Å²) in [6, 6.07) is 10.1. The van der Waals surface area contributed by atoms with Crippen molar-refractivity contribution in [2.24, 2.45) is 0 Å². The summed E-state index contributed by atoms with van der Waals surface area (Å²) in [7, 11) is 2.06. The summed E-state index contributed by atoms with van der Waals surface area (Å²) in [6.45, 7) is 8.04. The van der Waals surface area contributed by atoms with Gasteiger partial charge in [-0.1, -0.05) is 30.3 Å². The van der Waals surface area contributed by atoms with Crippen molar-refractivity contribution < 1.29 is 9.53 Å². The Morgan fingerprint density at radius 2 is 1.95 bits per heavy atom. The Balaban J connectivity index is 1.93. The molecule has 2 unspecified atom stereocenters. The number of carbonyl (C=O) groups excluding carboxylic acids is 1. The Kier molecular flexibility index (Phi) is 5.14. The zero-order valence-corrected chi connectivity index (χ0v) is 13.4. The lowest BCUT2D eigenvalue weighted by atomic mass is 10.0. The summed E-state index contributed by atoms with van der Waals surface area (Å²) >= 11 is 0. The first-order chi connectivity index (χ1) is 9.85. The minimum atomic E-state index is -0.205. The predicted molar refractivity (Wildman–Crippen MR) is 84.2 cm³/mol. The number of hydrogen-bond acceptors (Lipinski definition) is 4. The third-order valence-corrected chi connectivity index (χ3v) is 3.53. The fourth-order valence-electron chi connectivity index (χ4n) is 2.65. The number of ketones is 1. The van der Waals surface area contributed by atoms with Crippen LogP contribution in [0.4, 0.5) is 0 Å². The van der Waals surface area contributed by atoms with Gasteiger partial charge >= 0.3 is 0 Å². The molecule has 21 heavy (non-hydrogen) atoms. The third kappa shape index (κ3) is 4.92. The SMILES string of the molecule is CN(Cc1ccccc1)CC1OCC(=O)C1NC(C)(C)C. The van der Waals surface area contributed by atoms with Crippen LogP contribution in [-0.2, 0) is 16.1 Å². The van der Waals surface area contributed by atoms with Gasteiger partial charge in [0.25, 0.3) is 0 Å². The highest BCUT2D eigenvalue weighted by molar-refractivity contribution is 5.87. The number of hydrogen-bond donors (Lipinski definition) is 1. The first-order valence-electron chi connectivity index (χ1n) is 7.49. The molecular weight excluding hydrogens is 264 g/mol. The minimum absolute atomic E-state index is 0.0783. The first kappa shape index (κ1) is 16.1. The molecule has 1 aliphatic rings. The van der Waals surface area contributed by atoms with Gasteiger partial charge in [0.2, 0.25) is 0 Å². The van der Waals surface area contributed by atoms with Gasteiger partial charge in [-0.15, -0.1) is 0 Å². The Bertz CT molecular complexity index is 467. The number of Topliss-reactive ketones (excluding diaryl/α,β-unsaturated/α-hetero) is 1. The lowest BCUT2D eigenvalue weighted by Crippen LogP contribution is -2.53. The highest BCUT2D eigenvalue weighted by Gasteiger charge is 2.38. The number of carbonyl (C=O) groups is 1. The molecule has 2 atom stereocenters. The van der Waals surface area contributed by atoms with Gasteiger partial charge in [-0.05, 0) is 33.4 Å². The lowest BCUT2D eigenvalue weighted by molar-refractivity contribution is -0.119. The Hall–Kier alpha value is -1.23. The van der Waals surface area contributed by atoms with E-state index in [4.69, 9.17) is 4.74 Å². The lowest BCUT2D eigenvalue weighted by Gasteiger charge is -2.30. The van der Waals surface area contributed by atoms with E-state index in [9.17, 15) is 4.79 Å². The van der Waals surface area contributed by atoms with Crippen LogP contribution in [0.2, 0.25) is 0 Å². The normalized spacial score (nSPS) is 23.0.